The fraction of sp³-hybridized carbons (Fsp3) is 0.571. The van der Waals surface area contributed by atoms with Crippen LogP contribution in [-0.4, -0.2) is 36.0 Å². The van der Waals surface area contributed by atoms with Gasteiger partial charge in [-0.05, 0) is 44.5 Å². The highest BCUT2D eigenvalue weighted by molar-refractivity contribution is 5.69. The molecule has 1 aliphatic rings. The van der Waals surface area contributed by atoms with Crippen molar-refractivity contribution in [1.82, 2.24) is 4.90 Å². The number of rotatable bonds is 5. The highest BCUT2D eigenvalue weighted by Gasteiger charge is 2.18. The van der Waals surface area contributed by atoms with Gasteiger partial charge in [-0.3, -0.25) is 10.1 Å². The molecule has 6 heteroatoms. The van der Waals surface area contributed by atoms with E-state index in [9.17, 15) is 10.1 Å². The Hall–Kier alpha value is -1.82. The van der Waals surface area contributed by atoms with Gasteiger partial charge in [0.15, 0.2) is 0 Å². The number of likely N-dealkylation sites (tertiary alicyclic amines) is 1. The van der Waals surface area contributed by atoms with Crippen molar-refractivity contribution in [2.45, 2.75) is 19.8 Å². The monoisotopic (exact) mass is 278 g/mol. The summed E-state index contributed by atoms with van der Waals surface area (Å²) in [6.07, 6.45) is 2.38. The molecule has 0 bridgehead atoms. The van der Waals surface area contributed by atoms with Gasteiger partial charge >= 0.3 is 0 Å². The van der Waals surface area contributed by atoms with E-state index in [1.165, 1.54) is 25.0 Å². The summed E-state index contributed by atoms with van der Waals surface area (Å²) >= 11 is 0. The second kappa shape index (κ2) is 6.56. The number of nitrogens with two attached hydrogens (primary N) is 1. The molecule has 1 saturated heterocycles. The summed E-state index contributed by atoms with van der Waals surface area (Å²) in [6.45, 7) is 6.49. The first-order valence-electron chi connectivity index (χ1n) is 7.10. The molecule has 6 nitrogen and oxygen atoms in total. The van der Waals surface area contributed by atoms with Crippen LogP contribution in [0.15, 0.2) is 18.2 Å². The van der Waals surface area contributed by atoms with Crippen molar-refractivity contribution >= 4 is 17.1 Å². The number of anilines is 2. The van der Waals surface area contributed by atoms with Crippen LogP contribution >= 0.6 is 0 Å². The Labute approximate surface area is 119 Å². The minimum atomic E-state index is -0.430. The summed E-state index contributed by atoms with van der Waals surface area (Å²) < 4.78 is 0. The van der Waals surface area contributed by atoms with Gasteiger partial charge in [-0.25, -0.2) is 0 Å². The molecule has 0 spiro atoms. The van der Waals surface area contributed by atoms with E-state index in [0.29, 0.717) is 11.6 Å². The topological polar surface area (TPSA) is 84.4 Å². The molecule has 1 fully saturated rings. The molecule has 3 N–H and O–H groups in total. The number of piperidine rings is 1. The number of nitro benzene ring substituents is 1. The third kappa shape index (κ3) is 3.60. The predicted octanol–water partition coefficient (Wildman–Crippen LogP) is 2.32. The molecule has 0 saturated carbocycles. The number of hydrogen-bond acceptors (Lipinski definition) is 5. The largest absolute Gasteiger partial charge is 0.397 e. The summed E-state index contributed by atoms with van der Waals surface area (Å²) in [7, 11) is 0. The van der Waals surface area contributed by atoms with Gasteiger partial charge in [0.2, 0.25) is 0 Å². The maximum Gasteiger partial charge on any atom is 0.271 e. The van der Waals surface area contributed by atoms with Gasteiger partial charge in [0.05, 0.1) is 16.3 Å². The lowest BCUT2D eigenvalue weighted by Gasteiger charge is -2.31. The summed E-state index contributed by atoms with van der Waals surface area (Å²) in [5.74, 6) is 0.646. The predicted molar refractivity (Wildman–Crippen MR) is 80.8 cm³/mol. The maximum absolute atomic E-state index is 10.7. The van der Waals surface area contributed by atoms with Crippen LogP contribution < -0.4 is 11.1 Å². The van der Waals surface area contributed by atoms with E-state index in [4.69, 9.17) is 5.73 Å². The molecular formula is C14H22N4O2. The summed E-state index contributed by atoms with van der Waals surface area (Å²) in [4.78, 5) is 12.7. The van der Waals surface area contributed by atoms with Gasteiger partial charge in [0.25, 0.3) is 5.69 Å². The van der Waals surface area contributed by atoms with E-state index < -0.39 is 4.92 Å². The number of non-ortho nitro benzene ring substituents is 1. The fourth-order valence-electron chi connectivity index (χ4n) is 2.59. The molecule has 0 amide bonds. The van der Waals surface area contributed by atoms with Crippen LogP contribution in [0.25, 0.3) is 0 Å². The number of nitrogens with one attached hydrogen (secondary N) is 1. The quantitative estimate of drug-likeness (QED) is 0.490. The van der Waals surface area contributed by atoms with Crippen molar-refractivity contribution < 1.29 is 4.92 Å². The number of benzene rings is 1. The zero-order valence-electron chi connectivity index (χ0n) is 11.8. The minimum Gasteiger partial charge on any atom is -0.397 e. The van der Waals surface area contributed by atoms with Gasteiger partial charge in [0.1, 0.15) is 0 Å². The van der Waals surface area contributed by atoms with Crippen molar-refractivity contribution in [3.63, 3.8) is 0 Å². The second-order valence-corrected chi connectivity index (χ2v) is 5.29. The van der Waals surface area contributed by atoms with Crippen molar-refractivity contribution in [2.24, 2.45) is 5.92 Å². The molecule has 0 radical (unpaired) electrons. The molecule has 2 rings (SSSR count). The van der Waals surface area contributed by atoms with E-state index in [1.54, 1.807) is 6.07 Å². The molecule has 110 valence electrons. The smallest absolute Gasteiger partial charge is 0.271 e. The Morgan fingerprint density at radius 1 is 1.45 bits per heavy atom. The van der Waals surface area contributed by atoms with E-state index in [-0.39, 0.29) is 5.69 Å². The van der Waals surface area contributed by atoms with Gasteiger partial charge < -0.3 is 16.0 Å². The van der Waals surface area contributed by atoms with Gasteiger partial charge in [0, 0.05) is 18.7 Å². The molecule has 0 aliphatic carbocycles. The Morgan fingerprint density at radius 2 is 2.15 bits per heavy atom. The molecule has 20 heavy (non-hydrogen) atoms. The maximum atomic E-state index is 10.7. The number of nitrogens with zero attached hydrogens (tertiary/aromatic N) is 2. The van der Waals surface area contributed by atoms with Crippen LogP contribution in [0.2, 0.25) is 0 Å². The van der Waals surface area contributed by atoms with E-state index in [2.05, 4.69) is 17.1 Å². The normalized spacial score (nSPS) is 17.1. The zero-order chi connectivity index (χ0) is 14.5. The number of hydrogen-bond donors (Lipinski definition) is 2. The first-order chi connectivity index (χ1) is 9.60. The SMILES string of the molecule is CCN1CCC(CNc2ccc([N+](=O)[O-])cc2N)CC1. The van der Waals surface area contributed by atoms with E-state index >= 15 is 0 Å². The Kier molecular flexibility index (Phi) is 4.79. The third-order valence-corrected chi connectivity index (χ3v) is 3.98. The van der Waals surface area contributed by atoms with Crippen LogP contribution in [0.4, 0.5) is 17.1 Å². The van der Waals surface area contributed by atoms with Crippen molar-refractivity contribution in [2.75, 3.05) is 37.2 Å². The van der Waals surface area contributed by atoms with Gasteiger partial charge in [-0.2, -0.15) is 0 Å². The fourth-order valence-corrected chi connectivity index (χ4v) is 2.59. The average Bonchev–Trinajstić information content (AvgIpc) is 2.46. The van der Waals surface area contributed by atoms with Crippen LogP contribution in [0.1, 0.15) is 19.8 Å². The lowest BCUT2D eigenvalue weighted by molar-refractivity contribution is -0.384. The van der Waals surface area contributed by atoms with Crippen molar-refractivity contribution in [3.05, 3.63) is 28.3 Å². The molecule has 0 aromatic heterocycles. The average molecular weight is 278 g/mol. The Bertz CT molecular complexity index is 470. The summed E-state index contributed by atoms with van der Waals surface area (Å²) in [5.41, 5.74) is 7.10. The highest BCUT2D eigenvalue weighted by Crippen LogP contribution is 2.25. The lowest BCUT2D eigenvalue weighted by atomic mass is 9.96. The Balaban J connectivity index is 1.87. The van der Waals surface area contributed by atoms with E-state index in [1.807, 2.05) is 0 Å². The van der Waals surface area contributed by atoms with Crippen LogP contribution in [0, 0.1) is 16.0 Å². The molecule has 0 atom stereocenters. The first-order valence-corrected chi connectivity index (χ1v) is 7.10. The number of nitro groups is 1. The highest BCUT2D eigenvalue weighted by atomic mass is 16.6. The number of nitrogen functional groups attached to an aromatic ring is 1. The second-order valence-electron chi connectivity index (χ2n) is 5.29. The standard InChI is InChI=1S/C14H22N4O2/c1-2-17-7-5-11(6-8-17)10-16-14-4-3-12(18(19)20)9-13(14)15/h3-4,9,11,16H,2,5-8,10,15H2,1H3. The van der Waals surface area contributed by atoms with Gasteiger partial charge in [-0.15, -0.1) is 0 Å². The minimum absolute atomic E-state index is 0.0318. The van der Waals surface area contributed by atoms with Crippen LogP contribution in [-0.2, 0) is 0 Å². The lowest BCUT2D eigenvalue weighted by Crippen LogP contribution is -2.35. The molecule has 1 aliphatic heterocycles. The molecule has 1 aromatic carbocycles. The third-order valence-electron chi connectivity index (χ3n) is 3.98. The summed E-state index contributed by atoms with van der Waals surface area (Å²) in [5, 5.41) is 14.0. The van der Waals surface area contributed by atoms with Crippen LogP contribution in [0.5, 0.6) is 0 Å². The molecule has 1 aromatic rings. The molecular weight excluding hydrogens is 256 g/mol. The Morgan fingerprint density at radius 3 is 2.70 bits per heavy atom. The van der Waals surface area contributed by atoms with Gasteiger partial charge in [-0.1, -0.05) is 6.92 Å². The molecule has 1 heterocycles. The van der Waals surface area contributed by atoms with Crippen molar-refractivity contribution in [1.29, 1.82) is 0 Å². The van der Waals surface area contributed by atoms with Crippen molar-refractivity contribution in [3.8, 4) is 0 Å². The van der Waals surface area contributed by atoms with Crippen LogP contribution in [0.3, 0.4) is 0 Å². The zero-order valence-corrected chi connectivity index (χ0v) is 11.8. The first kappa shape index (κ1) is 14.6. The summed E-state index contributed by atoms with van der Waals surface area (Å²) in [6, 6.07) is 4.58. The molecule has 0 unspecified atom stereocenters. The van der Waals surface area contributed by atoms with E-state index in [0.717, 1.165) is 31.9 Å².